The molecule has 2 aliphatic rings. The van der Waals surface area contributed by atoms with Crippen molar-refractivity contribution in [2.45, 2.75) is 51.0 Å². The van der Waals surface area contributed by atoms with E-state index >= 15 is 0 Å². The minimum Gasteiger partial charge on any atom is -0.493 e. The number of thiazole rings is 1. The monoisotopic (exact) mass is 404 g/mol. The molecule has 28 heavy (non-hydrogen) atoms. The van der Waals surface area contributed by atoms with Crippen LogP contribution in [-0.4, -0.2) is 41.2 Å². The molecule has 4 rings (SSSR count). The van der Waals surface area contributed by atoms with Crippen LogP contribution in [0, 0.1) is 18.7 Å². The number of halogens is 1. The van der Waals surface area contributed by atoms with E-state index in [9.17, 15) is 9.50 Å². The number of nitrogens with zero attached hydrogens (tertiary/aromatic N) is 2. The molecule has 0 bridgehead atoms. The number of benzene rings is 1. The first-order valence-electron chi connectivity index (χ1n) is 10.3. The van der Waals surface area contributed by atoms with Crippen LogP contribution in [0.1, 0.15) is 47.7 Å². The summed E-state index contributed by atoms with van der Waals surface area (Å²) in [6, 6.07) is 6.09. The SMILES string of the molecule is Cc1nc([C@@]2(O)CCCN(CC3CC3)CC2)sc1CCOc1ccc(F)cc1. The number of aromatic nitrogens is 1. The number of hydrogen-bond donors (Lipinski definition) is 1. The van der Waals surface area contributed by atoms with E-state index in [1.165, 1.54) is 31.5 Å². The highest BCUT2D eigenvalue weighted by molar-refractivity contribution is 7.11. The van der Waals surface area contributed by atoms with Gasteiger partial charge in [0.1, 0.15) is 22.2 Å². The molecule has 1 aliphatic carbocycles. The van der Waals surface area contributed by atoms with Gasteiger partial charge in [-0.2, -0.15) is 0 Å². The van der Waals surface area contributed by atoms with E-state index in [1.54, 1.807) is 23.5 Å². The van der Waals surface area contributed by atoms with Crippen LogP contribution >= 0.6 is 11.3 Å². The number of aliphatic hydroxyl groups is 1. The van der Waals surface area contributed by atoms with Crippen molar-refractivity contribution in [3.8, 4) is 5.75 Å². The molecule has 2 heterocycles. The molecule has 1 atom stereocenters. The van der Waals surface area contributed by atoms with E-state index in [-0.39, 0.29) is 5.82 Å². The molecule has 1 aromatic carbocycles. The fourth-order valence-electron chi connectivity index (χ4n) is 3.89. The van der Waals surface area contributed by atoms with Crippen molar-refractivity contribution >= 4 is 11.3 Å². The highest BCUT2D eigenvalue weighted by Crippen LogP contribution is 2.38. The molecule has 2 aromatic rings. The van der Waals surface area contributed by atoms with Gasteiger partial charge >= 0.3 is 0 Å². The van der Waals surface area contributed by atoms with Crippen LogP contribution in [-0.2, 0) is 12.0 Å². The summed E-state index contributed by atoms with van der Waals surface area (Å²) in [6.45, 7) is 5.75. The number of rotatable bonds is 7. The van der Waals surface area contributed by atoms with Crippen LogP contribution < -0.4 is 4.74 Å². The summed E-state index contributed by atoms with van der Waals surface area (Å²) in [5.41, 5.74) is 0.180. The predicted molar refractivity (Wildman–Crippen MR) is 109 cm³/mol. The molecule has 1 saturated heterocycles. The molecule has 1 aromatic heterocycles. The Morgan fingerprint density at radius 2 is 2.04 bits per heavy atom. The Hall–Kier alpha value is -1.50. The van der Waals surface area contributed by atoms with Crippen LogP contribution in [0.15, 0.2) is 24.3 Å². The molecule has 152 valence electrons. The maximum atomic E-state index is 13.0. The number of hydrogen-bond acceptors (Lipinski definition) is 5. The van der Waals surface area contributed by atoms with Crippen LogP contribution in [0.5, 0.6) is 5.75 Å². The van der Waals surface area contributed by atoms with Gasteiger partial charge in [0, 0.05) is 24.4 Å². The molecule has 1 saturated carbocycles. The Balaban J connectivity index is 1.35. The lowest BCUT2D eigenvalue weighted by Gasteiger charge is -2.24. The number of aryl methyl sites for hydroxylation is 1. The molecule has 1 aliphatic heterocycles. The third-order valence-electron chi connectivity index (χ3n) is 5.82. The fourth-order valence-corrected chi connectivity index (χ4v) is 5.08. The zero-order valence-corrected chi connectivity index (χ0v) is 17.3. The maximum absolute atomic E-state index is 13.0. The van der Waals surface area contributed by atoms with Crippen molar-refractivity contribution in [2.75, 3.05) is 26.2 Å². The summed E-state index contributed by atoms with van der Waals surface area (Å²) in [5, 5.41) is 12.2. The lowest BCUT2D eigenvalue weighted by molar-refractivity contribution is 0.0208. The Labute approximate surface area is 170 Å². The summed E-state index contributed by atoms with van der Waals surface area (Å²) in [7, 11) is 0. The highest BCUT2D eigenvalue weighted by atomic mass is 32.1. The third kappa shape index (κ3) is 4.91. The lowest BCUT2D eigenvalue weighted by Crippen LogP contribution is -2.30. The molecule has 6 heteroatoms. The number of likely N-dealkylation sites (tertiary alicyclic amines) is 1. The van der Waals surface area contributed by atoms with E-state index in [2.05, 4.69) is 4.90 Å². The Morgan fingerprint density at radius 3 is 2.79 bits per heavy atom. The Kier molecular flexibility index (Phi) is 5.99. The van der Waals surface area contributed by atoms with E-state index in [4.69, 9.17) is 9.72 Å². The van der Waals surface area contributed by atoms with Crippen molar-refractivity contribution in [2.24, 2.45) is 5.92 Å². The average Bonchev–Trinajstić information content (AvgIpc) is 3.45. The van der Waals surface area contributed by atoms with Gasteiger partial charge in [0.05, 0.1) is 12.3 Å². The third-order valence-corrected chi connectivity index (χ3v) is 7.23. The van der Waals surface area contributed by atoms with Crippen LogP contribution in [0.2, 0.25) is 0 Å². The lowest BCUT2D eigenvalue weighted by atomic mass is 9.96. The van der Waals surface area contributed by atoms with E-state index < -0.39 is 5.60 Å². The van der Waals surface area contributed by atoms with Gasteiger partial charge < -0.3 is 14.7 Å². The van der Waals surface area contributed by atoms with Gasteiger partial charge in [0.15, 0.2) is 0 Å². The summed E-state index contributed by atoms with van der Waals surface area (Å²) >= 11 is 1.62. The van der Waals surface area contributed by atoms with Gasteiger partial charge in [-0.25, -0.2) is 9.37 Å². The van der Waals surface area contributed by atoms with Gasteiger partial charge in [-0.1, -0.05) is 0 Å². The molecular formula is C22H29FN2O2S. The zero-order chi connectivity index (χ0) is 19.6. The minimum absolute atomic E-state index is 0.261. The van der Waals surface area contributed by atoms with Crippen molar-refractivity contribution in [1.29, 1.82) is 0 Å². The molecule has 0 spiro atoms. The zero-order valence-electron chi connectivity index (χ0n) is 16.5. The van der Waals surface area contributed by atoms with Crippen molar-refractivity contribution in [1.82, 2.24) is 9.88 Å². The smallest absolute Gasteiger partial charge is 0.125 e. The minimum atomic E-state index is -0.802. The fraction of sp³-hybridized carbons (Fsp3) is 0.591. The largest absolute Gasteiger partial charge is 0.493 e. The Morgan fingerprint density at radius 1 is 1.25 bits per heavy atom. The normalized spacial score (nSPS) is 23.5. The molecule has 0 amide bonds. The van der Waals surface area contributed by atoms with Gasteiger partial charge in [-0.3, -0.25) is 0 Å². The topological polar surface area (TPSA) is 45.6 Å². The molecular weight excluding hydrogens is 375 g/mol. The van der Waals surface area contributed by atoms with Gasteiger partial charge in [-0.05, 0) is 75.8 Å². The summed E-state index contributed by atoms with van der Waals surface area (Å²) in [6.07, 6.45) is 6.05. The van der Waals surface area contributed by atoms with Gasteiger partial charge in [0.2, 0.25) is 0 Å². The first-order valence-corrected chi connectivity index (χ1v) is 11.1. The first-order chi connectivity index (χ1) is 13.5. The molecule has 0 unspecified atom stereocenters. The first kappa shape index (κ1) is 19.8. The van der Waals surface area contributed by atoms with Crippen molar-refractivity contribution < 1.29 is 14.2 Å². The van der Waals surface area contributed by atoms with Crippen molar-refractivity contribution in [3.63, 3.8) is 0 Å². The van der Waals surface area contributed by atoms with Crippen LogP contribution in [0.25, 0.3) is 0 Å². The second-order valence-corrected chi connectivity index (χ2v) is 9.29. The maximum Gasteiger partial charge on any atom is 0.125 e. The summed E-state index contributed by atoms with van der Waals surface area (Å²) < 4.78 is 18.7. The quantitative estimate of drug-likeness (QED) is 0.748. The Bertz CT molecular complexity index is 790. The van der Waals surface area contributed by atoms with E-state index in [0.717, 1.165) is 60.3 Å². The van der Waals surface area contributed by atoms with Gasteiger partial charge in [0.25, 0.3) is 0 Å². The predicted octanol–water partition coefficient (Wildman–Crippen LogP) is 4.30. The van der Waals surface area contributed by atoms with Crippen molar-refractivity contribution in [3.05, 3.63) is 45.7 Å². The second-order valence-electron chi connectivity index (χ2n) is 8.21. The second kappa shape index (κ2) is 8.47. The highest BCUT2D eigenvalue weighted by Gasteiger charge is 2.36. The molecule has 0 radical (unpaired) electrons. The van der Waals surface area contributed by atoms with E-state index in [0.29, 0.717) is 12.4 Å². The number of ether oxygens (including phenoxy) is 1. The van der Waals surface area contributed by atoms with Gasteiger partial charge in [-0.15, -0.1) is 11.3 Å². The van der Waals surface area contributed by atoms with Crippen LogP contribution in [0.4, 0.5) is 4.39 Å². The van der Waals surface area contributed by atoms with E-state index in [1.807, 2.05) is 6.92 Å². The molecule has 2 fully saturated rings. The molecule has 1 N–H and O–H groups in total. The average molecular weight is 405 g/mol. The summed E-state index contributed by atoms with van der Waals surface area (Å²) in [4.78, 5) is 8.41. The molecule has 4 nitrogen and oxygen atoms in total. The van der Waals surface area contributed by atoms with Crippen LogP contribution in [0.3, 0.4) is 0 Å². The summed E-state index contributed by atoms with van der Waals surface area (Å²) in [5.74, 6) is 1.30. The standard InChI is InChI=1S/C22H29FN2O2S/c1-16-20(9-14-27-19-7-5-18(23)6-8-19)28-21(24-16)22(26)10-2-12-25(13-11-22)15-17-3-4-17/h5-8,17,26H,2-4,9-15H2,1H3/t22-/m1/s1.